The average molecular weight is 541 g/mol. The maximum atomic E-state index is 13.6. The first-order chi connectivity index (χ1) is 9.65. The monoisotopic (exact) mass is 541 g/mol. The van der Waals surface area contributed by atoms with Crippen LogP contribution in [0.4, 0.5) is 4.39 Å². The van der Waals surface area contributed by atoms with Crippen LogP contribution >= 0.6 is 0 Å². The topological polar surface area (TPSA) is 241 Å². The molecule has 0 aromatic carbocycles. The van der Waals surface area contributed by atoms with E-state index in [0.29, 0.717) is 0 Å². The predicted molar refractivity (Wildman–Crippen MR) is 69.4 cm³/mol. The molecule has 0 aromatic rings. The quantitative estimate of drug-likeness (QED) is 0.204. The molecule has 0 aliphatic carbocycles. The van der Waals surface area contributed by atoms with Gasteiger partial charge in [0.1, 0.15) is 31.0 Å². The molecule has 1 aliphatic rings. The predicted octanol–water partition coefficient (Wildman–Crippen LogP) is -1.89. The number of carboxylic acid groups (broad SMARTS) is 2. The van der Waals surface area contributed by atoms with E-state index in [9.17, 15) is 29.3 Å². The Bertz CT molecular complexity index is 401. The molecule has 0 bridgehead atoms. The molecular weight excluding hydrogens is 522 g/mol. The van der Waals surface area contributed by atoms with Crippen molar-refractivity contribution in [3.05, 3.63) is 12.3 Å². The summed E-state index contributed by atoms with van der Waals surface area (Å²) in [7, 11) is 0. The van der Waals surface area contributed by atoms with Gasteiger partial charge in [-0.15, -0.1) is 0 Å². The Morgan fingerprint density at radius 1 is 1.04 bits per heavy atom. The van der Waals surface area contributed by atoms with Crippen LogP contribution in [0.15, 0.2) is 0 Å². The Morgan fingerprint density at radius 3 is 1.88 bits per heavy atom. The fraction of sp³-hybridized carbons (Fsp3) is 0.800. The molecule has 1 saturated heterocycles. The number of nitrogens with two attached hydrogens (primary N) is 2. The minimum Gasteiger partial charge on any atom is -0.693 e. The molecule has 1 unspecified atom stereocenters. The van der Waals surface area contributed by atoms with Gasteiger partial charge in [-0.1, -0.05) is 0 Å². The molecule has 10 N–H and O–H groups in total. The van der Waals surface area contributed by atoms with Crippen molar-refractivity contribution < 1.29 is 75.2 Å². The average Bonchev–Trinajstić information content (AvgIpc) is 2.43. The molecule has 146 valence electrons. The summed E-state index contributed by atoms with van der Waals surface area (Å²) in [5.74, 6) is -4.64. The summed E-state index contributed by atoms with van der Waals surface area (Å²) in [5, 5.41) is 54.4. The molecule has 1 heterocycles. The molecule has 0 saturated carbocycles. The Kier molecular flexibility index (Phi) is 12.8. The van der Waals surface area contributed by atoms with Gasteiger partial charge in [-0.3, -0.25) is 0 Å². The van der Waals surface area contributed by atoms with E-state index >= 15 is 0 Å². The van der Waals surface area contributed by atoms with Gasteiger partial charge < -0.3 is 52.4 Å². The molecule has 14 heteroatoms. The van der Waals surface area contributed by atoms with Crippen molar-refractivity contribution in [1.29, 1.82) is 0 Å². The van der Waals surface area contributed by atoms with Gasteiger partial charge in [0.25, 0.3) is 0 Å². The third-order valence-electron chi connectivity index (χ3n) is 2.97. The zero-order valence-electron chi connectivity index (χ0n) is 12.0. The molecular formula is C10H19FN2O10Pt. The number of carboxylic acids is 2. The molecule has 0 spiro atoms. The number of hydrogen-bond donors (Lipinski definition) is 6. The number of rotatable bonds is 6. The zero-order chi connectivity index (χ0) is 16.4. The second kappa shape index (κ2) is 11.0. The van der Waals surface area contributed by atoms with Crippen molar-refractivity contribution in [2.75, 3.05) is 13.2 Å². The van der Waals surface area contributed by atoms with Gasteiger partial charge in [0.2, 0.25) is 0 Å². The minimum atomic E-state index is -3.78. The van der Waals surface area contributed by atoms with E-state index in [-0.39, 0.29) is 33.4 Å². The normalized spacial score (nSPS) is 29.5. The largest absolute Gasteiger partial charge is 2.00 e. The van der Waals surface area contributed by atoms with Crippen LogP contribution in [0, 0.1) is 0 Å². The van der Waals surface area contributed by atoms with E-state index in [4.69, 9.17) is 20.1 Å². The summed E-state index contributed by atoms with van der Waals surface area (Å²) in [5.41, 5.74) is -3.78. The maximum absolute atomic E-state index is 13.6. The fourth-order valence-corrected chi connectivity index (χ4v) is 1.62. The Labute approximate surface area is 149 Å². The summed E-state index contributed by atoms with van der Waals surface area (Å²) in [6.45, 7) is -2.29. The number of hydrogen-bond acceptors (Lipinski definition) is 8. The molecule has 1 aliphatic heterocycles. The van der Waals surface area contributed by atoms with Crippen LogP contribution in [0.1, 0.15) is 0 Å². The van der Waals surface area contributed by atoms with Crippen LogP contribution in [0.3, 0.4) is 0 Å². The summed E-state index contributed by atoms with van der Waals surface area (Å²) in [4.78, 5) is 21.2. The number of ether oxygens (including phenoxy) is 2. The van der Waals surface area contributed by atoms with E-state index in [1.165, 1.54) is 0 Å². The molecule has 1 rings (SSSR count). The number of aliphatic carboxylic acids is 2. The van der Waals surface area contributed by atoms with Crippen LogP contribution in [0.5, 0.6) is 0 Å². The van der Waals surface area contributed by atoms with Crippen molar-refractivity contribution in [1.82, 2.24) is 0 Å². The number of halogens is 1. The van der Waals surface area contributed by atoms with Crippen LogP contribution in [-0.2, 0) is 40.1 Å². The molecule has 24 heavy (non-hydrogen) atoms. The van der Waals surface area contributed by atoms with Gasteiger partial charge in [0, 0.05) is 0 Å². The van der Waals surface area contributed by atoms with Crippen molar-refractivity contribution >= 4 is 11.9 Å². The van der Waals surface area contributed by atoms with Crippen LogP contribution in [0.25, 0.3) is 12.3 Å². The summed E-state index contributed by atoms with van der Waals surface area (Å²) in [6.07, 6.45) is -8.57. The Balaban J connectivity index is -0.00000147. The van der Waals surface area contributed by atoms with Gasteiger partial charge >= 0.3 is 38.7 Å². The zero-order valence-corrected chi connectivity index (χ0v) is 14.2. The van der Waals surface area contributed by atoms with Gasteiger partial charge in [-0.25, -0.2) is 14.0 Å². The minimum absolute atomic E-state index is 0. The SMILES string of the molecule is O=C(O)C(F)(COC1O[C@H](CO)[C@@H](O)[C@H](O)[C@H]1O)C(=O)O.[NH2-].[NH2-].[Pt+2]. The summed E-state index contributed by atoms with van der Waals surface area (Å²) < 4.78 is 23.0. The van der Waals surface area contributed by atoms with Gasteiger partial charge in [-0.2, -0.15) is 0 Å². The van der Waals surface area contributed by atoms with Crippen LogP contribution in [-0.4, -0.2) is 92.2 Å². The maximum Gasteiger partial charge on any atom is 2.00 e. The second-order valence-corrected chi connectivity index (χ2v) is 4.42. The Hall–Kier alpha value is -0.762. The first-order valence-corrected chi connectivity index (χ1v) is 5.73. The molecule has 1 fully saturated rings. The van der Waals surface area contributed by atoms with E-state index in [1.807, 2.05) is 0 Å². The molecule has 5 atom stereocenters. The van der Waals surface area contributed by atoms with E-state index in [2.05, 4.69) is 4.74 Å². The second-order valence-electron chi connectivity index (χ2n) is 4.42. The van der Waals surface area contributed by atoms with E-state index < -0.39 is 61.5 Å². The van der Waals surface area contributed by atoms with Crippen molar-refractivity contribution in [3.63, 3.8) is 0 Å². The van der Waals surface area contributed by atoms with Crippen LogP contribution < -0.4 is 0 Å². The molecule has 0 amide bonds. The van der Waals surface area contributed by atoms with Crippen molar-refractivity contribution in [2.45, 2.75) is 36.4 Å². The number of alkyl halides is 1. The first kappa shape index (κ1) is 28.1. The number of aliphatic hydroxyl groups is 4. The fourth-order valence-electron chi connectivity index (χ4n) is 1.62. The van der Waals surface area contributed by atoms with Crippen LogP contribution in [0.2, 0.25) is 0 Å². The number of carbonyl (C=O) groups is 2. The standard InChI is InChI=1S/C10H15FO10.2H2N.Pt/c11-10(8(16)17,9(18)19)2-20-7-6(15)5(14)4(13)3(1-12)21-7;;;/h3-7,12-15H,1-2H2,(H,16,17)(H,18,19);2*1H2;/q;2*-1;+2/t3-,4-,5+,6-,7?;;;/m1.../s1. The molecule has 0 radical (unpaired) electrons. The molecule has 0 aromatic heterocycles. The van der Waals surface area contributed by atoms with Gasteiger partial charge in [0.05, 0.1) is 6.61 Å². The smallest absolute Gasteiger partial charge is 0.693 e. The van der Waals surface area contributed by atoms with E-state index in [0.717, 1.165) is 0 Å². The third kappa shape index (κ3) is 5.65. The number of aliphatic hydroxyl groups excluding tert-OH is 4. The van der Waals surface area contributed by atoms with Crippen molar-refractivity contribution in [3.8, 4) is 0 Å². The van der Waals surface area contributed by atoms with E-state index in [1.54, 1.807) is 0 Å². The summed E-state index contributed by atoms with van der Waals surface area (Å²) >= 11 is 0. The van der Waals surface area contributed by atoms with Gasteiger partial charge in [0.15, 0.2) is 6.29 Å². The van der Waals surface area contributed by atoms with Gasteiger partial charge in [-0.05, 0) is 0 Å². The third-order valence-corrected chi connectivity index (χ3v) is 2.97. The molecule has 12 nitrogen and oxygen atoms in total. The Morgan fingerprint density at radius 2 is 1.50 bits per heavy atom. The first-order valence-electron chi connectivity index (χ1n) is 5.73. The van der Waals surface area contributed by atoms with Crippen molar-refractivity contribution in [2.24, 2.45) is 0 Å². The summed E-state index contributed by atoms with van der Waals surface area (Å²) in [6, 6.07) is 0.